The zero-order chi connectivity index (χ0) is 14.9. The van der Waals surface area contributed by atoms with E-state index in [4.69, 9.17) is 5.73 Å². The van der Waals surface area contributed by atoms with Gasteiger partial charge < -0.3 is 11.1 Å². The van der Waals surface area contributed by atoms with Gasteiger partial charge in [-0.3, -0.25) is 4.79 Å². The molecule has 2 aromatic heterocycles. The molecule has 0 fully saturated rings. The largest absolute Gasteiger partial charge is 0.344 e. The first-order chi connectivity index (χ1) is 9.38. The van der Waals surface area contributed by atoms with Crippen LogP contribution in [-0.2, 0) is 0 Å². The van der Waals surface area contributed by atoms with Crippen molar-refractivity contribution in [2.45, 2.75) is 39.8 Å². The molecule has 0 bridgehead atoms. The van der Waals surface area contributed by atoms with E-state index in [1.54, 1.807) is 16.7 Å². The normalized spacial score (nSPS) is 14.1. The van der Waals surface area contributed by atoms with E-state index in [2.05, 4.69) is 30.2 Å². The third-order valence-corrected chi connectivity index (χ3v) is 5.06. The van der Waals surface area contributed by atoms with Crippen molar-refractivity contribution in [2.75, 3.05) is 0 Å². The number of hydrogen-bond donors (Lipinski definition) is 2. The number of thiophene rings is 1. The fourth-order valence-corrected chi connectivity index (χ4v) is 3.81. The van der Waals surface area contributed by atoms with Crippen LogP contribution in [0.3, 0.4) is 0 Å². The second-order valence-electron chi connectivity index (χ2n) is 4.92. The summed E-state index contributed by atoms with van der Waals surface area (Å²) in [7, 11) is 0. The molecule has 108 valence electrons. The van der Waals surface area contributed by atoms with Crippen molar-refractivity contribution in [1.82, 2.24) is 10.3 Å². The van der Waals surface area contributed by atoms with Crippen molar-refractivity contribution in [3.05, 3.63) is 37.5 Å². The highest BCUT2D eigenvalue weighted by Gasteiger charge is 2.17. The summed E-state index contributed by atoms with van der Waals surface area (Å²) >= 11 is 3.17. The number of aromatic nitrogens is 1. The molecule has 0 radical (unpaired) electrons. The van der Waals surface area contributed by atoms with E-state index in [1.807, 2.05) is 13.8 Å². The van der Waals surface area contributed by atoms with Gasteiger partial charge in [0.2, 0.25) is 0 Å². The van der Waals surface area contributed by atoms with Crippen molar-refractivity contribution in [1.29, 1.82) is 0 Å². The maximum atomic E-state index is 12.2. The standard InChI is InChI=1S/C14H19N3OS2/c1-7-5-11(10(4)20-7)9(3)16-13(18)12-6-19-14(17-12)8(2)15/h5-6,8-9H,15H2,1-4H3,(H,16,18). The second kappa shape index (κ2) is 6.03. The molecule has 0 aromatic carbocycles. The Morgan fingerprint density at radius 3 is 2.60 bits per heavy atom. The van der Waals surface area contributed by atoms with Gasteiger partial charge in [-0.25, -0.2) is 4.98 Å². The molecule has 1 amide bonds. The average Bonchev–Trinajstić information content (AvgIpc) is 2.95. The highest BCUT2D eigenvalue weighted by Crippen LogP contribution is 2.26. The number of amides is 1. The van der Waals surface area contributed by atoms with E-state index < -0.39 is 0 Å². The number of nitrogens with one attached hydrogen (secondary N) is 1. The Labute approximate surface area is 127 Å². The molecule has 2 unspecified atom stereocenters. The molecular formula is C14H19N3OS2. The zero-order valence-corrected chi connectivity index (χ0v) is 13.7. The van der Waals surface area contributed by atoms with Crippen LogP contribution in [0.1, 0.15) is 56.7 Å². The Bertz CT molecular complexity index is 616. The molecule has 20 heavy (non-hydrogen) atoms. The number of carbonyl (C=O) groups excluding carboxylic acids is 1. The Kier molecular flexibility index (Phi) is 4.57. The summed E-state index contributed by atoms with van der Waals surface area (Å²) in [5.74, 6) is -0.149. The van der Waals surface area contributed by atoms with Crippen LogP contribution in [0.5, 0.6) is 0 Å². The van der Waals surface area contributed by atoms with Crippen LogP contribution < -0.4 is 11.1 Å². The number of nitrogens with zero attached hydrogens (tertiary/aromatic N) is 1. The van der Waals surface area contributed by atoms with Crippen molar-refractivity contribution in [2.24, 2.45) is 5.73 Å². The Morgan fingerprint density at radius 2 is 2.10 bits per heavy atom. The van der Waals surface area contributed by atoms with E-state index in [0.29, 0.717) is 5.69 Å². The molecule has 0 aliphatic carbocycles. The first kappa shape index (κ1) is 15.2. The summed E-state index contributed by atoms with van der Waals surface area (Å²) in [5.41, 5.74) is 7.37. The minimum atomic E-state index is -0.149. The van der Waals surface area contributed by atoms with E-state index in [0.717, 1.165) is 5.01 Å². The molecule has 4 nitrogen and oxygen atoms in total. The van der Waals surface area contributed by atoms with Crippen LogP contribution in [0.15, 0.2) is 11.4 Å². The molecule has 0 spiro atoms. The maximum Gasteiger partial charge on any atom is 0.271 e. The van der Waals surface area contributed by atoms with Crippen LogP contribution in [0.4, 0.5) is 0 Å². The predicted octanol–water partition coefficient (Wildman–Crippen LogP) is 3.33. The third kappa shape index (κ3) is 3.26. The SMILES string of the molecule is Cc1cc(C(C)NC(=O)c2csc(C(C)N)n2)c(C)s1. The van der Waals surface area contributed by atoms with Crippen LogP contribution in [0.2, 0.25) is 0 Å². The van der Waals surface area contributed by atoms with Crippen molar-refractivity contribution < 1.29 is 4.79 Å². The van der Waals surface area contributed by atoms with Crippen LogP contribution in [-0.4, -0.2) is 10.9 Å². The number of rotatable bonds is 4. The Morgan fingerprint density at radius 1 is 1.40 bits per heavy atom. The Balaban J connectivity index is 2.08. The number of carbonyl (C=O) groups is 1. The van der Waals surface area contributed by atoms with E-state index >= 15 is 0 Å². The Hall–Kier alpha value is -1.24. The summed E-state index contributed by atoms with van der Waals surface area (Å²) in [4.78, 5) is 18.9. The monoisotopic (exact) mass is 309 g/mol. The van der Waals surface area contributed by atoms with Crippen LogP contribution in [0, 0.1) is 13.8 Å². The number of aryl methyl sites for hydroxylation is 2. The van der Waals surface area contributed by atoms with Gasteiger partial charge in [0.05, 0.1) is 12.1 Å². The summed E-state index contributed by atoms with van der Waals surface area (Å²) in [6.45, 7) is 8.00. The van der Waals surface area contributed by atoms with E-state index in [-0.39, 0.29) is 18.0 Å². The number of hydrogen-bond acceptors (Lipinski definition) is 5. The van der Waals surface area contributed by atoms with E-state index in [1.165, 1.54) is 26.7 Å². The first-order valence-corrected chi connectivity index (χ1v) is 8.17. The summed E-state index contributed by atoms with van der Waals surface area (Å²) < 4.78 is 0. The lowest BCUT2D eigenvalue weighted by atomic mass is 10.1. The number of nitrogens with two attached hydrogens (primary N) is 1. The predicted molar refractivity (Wildman–Crippen MR) is 84.4 cm³/mol. The molecule has 0 aliphatic heterocycles. The third-order valence-electron chi connectivity index (χ3n) is 3.04. The molecule has 3 N–H and O–H groups in total. The average molecular weight is 309 g/mol. The molecule has 0 saturated carbocycles. The lowest BCUT2D eigenvalue weighted by Crippen LogP contribution is -2.27. The summed E-state index contributed by atoms with van der Waals surface area (Å²) in [6.07, 6.45) is 0. The van der Waals surface area contributed by atoms with Crippen molar-refractivity contribution in [3.8, 4) is 0 Å². The van der Waals surface area contributed by atoms with Gasteiger partial charge in [-0.05, 0) is 39.3 Å². The zero-order valence-electron chi connectivity index (χ0n) is 12.1. The highest BCUT2D eigenvalue weighted by atomic mass is 32.1. The van der Waals surface area contributed by atoms with Crippen molar-refractivity contribution >= 4 is 28.6 Å². The molecule has 6 heteroatoms. The topological polar surface area (TPSA) is 68.0 Å². The van der Waals surface area contributed by atoms with Gasteiger partial charge in [0, 0.05) is 15.1 Å². The van der Waals surface area contributed by atoms with Crippen molar-refractivity contribution in [3.63, 3.8) is 0 Å². The summed E-state index contributed by atoms with van der Waals surface area (Å²) in [5, 5.41) is 5.53. The van der Waals surface area contributed by atoms with E-state index in [9.17, 15) is 4.79 Å². The fraction of sp³-hybridized carbons (Fsp3) is 0.429. The van der Waals surface area contributed by atoms with Gasteiger partial charge in [0.1, 0.15) is 10.7 Å². The van der Waals surface area contributed by atoms with Gasteiger partial charge in [-0.15, -0.1) is 22.7 Å². The summed E-state index contributed by atoms with van der Waals surface area (Å²) in [6, 6.07) is 1.97. The van der Waals surface area contributed by atoms with Gasteiger partial charge in [-0.1, -0.05) is 0 Å². The van der Waals surface area contributed by atoms with Gasteiger partial charge in [0.15, 0.2) is 0 Å². The van der Waals surface area contributed by atoms with Crippen LogP contribution >= 0.6 is 22.7 Å². The highest BCUT2D eigenvalue weighted by molar-refractivity contribution is 7.12. The molecule has 2 atom stereocenters. The lowest BCUT2D eigenvalue weighted by Gasteiger charge is -2.12. The fourth-order valence-electron chi connectivity index (χ4n) is 2.03. The van der Waals surface area contributed by atoms with Gasteiger partial charge >= 0.3 is 0 Å². The van der Waals surface area contributed by atoms with Gasteiger partial charge in [0.25, 0.3) is 5.91 Å². The minimum absolute atomic E-state index is 0.0205. The smallest absolute Gasteiger partial charge is 0.271 e. The molecule has 0 saturated heterocycles. The molecular weight excluding hydrogens is 290 g/mol. The van der Waals surface area contributed by atoms with Crippen LogP contribution in [0.25, 0.3) is 0 Å². The molecule has 2 aromatic rings. The first-order valence-electron chi connectivity index (χ1n) is 6.47. The second-order valence-corrected chi connectivity index (χ2v) is 7.27. The molecule has 0 aliphatic rings. The molecule has 2 rings (SSSR count). The minimum Gasteiger partial charge on any atom is -0.344 e. The van der Waals surface area contributed by atoms with Gasteiger partial charge in [-0.2, -0.15) is 0 Å². The lowest BCUT2D eigenvalue weighted by molar-refractivity contribution is 0.0935. The quantitative estimate of drug-likeness (QED) is 0.910. The maximum absolute atomic E-state index is 12.2. The number of thiazole rings is 1. The molecule has 2 heterocycles.